The Morgan fingerprint density at radius 2 is 1.79 bits per heavy atom. The number of carbonyl (C=O) groups excluding carboxylic acids is 2. The lowest BCUT2D eigenvalue weighted by atomic mass is 9.84. The summed E-state index contributed by atoms with van der Waals surface area (Å²) in [6.07, 6.45) is 5.22. The molecule has 0 heterocycles. The second-order valence-electron chi connectivity index (χ2n) is 8.79. The third kappa shape index (κ3) is 4.68. The molecule has 1 aromatic carbocycles. The minimum Gasteiger partial charge on any atom is -0.494 e. The molecule has 2 fully saturated rings. The molecule has 1 aromatic rings. The van der Waals surface area contributed by atoms with Gasteiger partial charge in [0.2, 0.25) is 5.91 Å². The van der Waals surface area contributed by atoms with E-state index in [-0.39, 0.29) is 23.8 Å². The third-order valence-corrected chi connectivity index (χ3v) is 6.47. The molecule has 2 N–H and O–H groups in total. The Labute approximate surface area is 168 Å². The number of nitrogens with one attached hydrogen (secondary N) is 2. The highest BCUT2D eigenvalue weighted by atomic mass is 16.5. The van der Waals surface area contributed by atoms with Crippen molar-refractivity contribution in [1.29, 1.82) is 0 Å². The quantitative estimate of drug-likeness (QED) is 0.714. The monoisotopic (exact) mass is 386 g/mol. The standard InChI is InChI=1S/C23H34N2O3/c1-5-28-19-10-8-17(9-11-19)22(26)25-21(14(2)3)23(27)24-15(4)20-13-16-6-7-18(20)12-16/h8-11,14-16,18,20-21H,5-7,12-13H2,1-4H3,(H,24,27)(H,25,26). The van der Waals surface area contributed by atoms with Gasteiger partial charge in [0.25, 0.3) is 5.91 Å². The zero-order chi connectivity index (χ0) is 20.3. The summed E-state index contributed by atoms with van der Waals surface area (Å²) in [7, 11) is 0. The van der Waals surface area contributed by atoms with Crippen LogP contribution in [0.25, 0.3) is 0 Å². The predicted octanol–water partition coefficient (Wildman–Crippen LogP) is 3.78. The van der Waals surface area contributed by atoms with Crippen LogP contribution in [-0.4, -0.2) is 30.5 Å². The highest BCUT2D eigenvalue weighted by Crippen LogP contribution is 2.49. The van der Waals surface area contributed by atoms with Gasteiger partial charge >= 0.3 is 0 Å². The fourth-order valence-electron chi connectivity index (χ4n) is 4.96. The van der Waals surface area contributed by atoms with Crippen LogP contribution in [0.15, 0.2) is 24.3 Å². The molecule has 5 atom stereocenters. The van der Waals surface area contributed by atoms with Crippen molar-refractivity contribution in [1.82, 2.24) is 10.6 Å². The van der Waals surface area contributed by atoms with E-state index in [2.05, 4.69) is 17.6 Å². The summed E-state index contributed by atoms with van der Waals surface area (Å²) in [5.41, 5.74) is 0.531. The lowest BCUT2D eigenvalue weighted by molar-refractivity contribution is -0.125. The van der Waals surface area contributed by atoms with E-state index in [1.54, 1.807) is 24.3 Å². The maximum absolute atomic E-state index is 12.9. The molecule has 0 spiro atoms. The Bertz CT molecular complexity index is 686. The van der Waals surface area contributed by atoms with Gasteiger partial charge in [-0.05, 0) is 81.0 Å². The van der Waals surface area contributed by atoms with E-state index in [4.69, 9.17) is 4.74 Å². The molecule has 28 heavy (non-hydrogen) atoms. The van der Waals surface area contributed by atoms with E-state index >= 15 is 0 Å². The first-order valence-corrected chi connectivity index (χ1v) is 10.7. The number of hydrogen-bond donors (Lipinski definition) is 2. The average Bonchev–Trinajstić information content (AvgIpc) is 3.30. The smallest absolute Gasteiger partial charge is 0.251 e. The number of rotatable bonds is 8. The van der Waals surface area contributed by atoms with Gasteiger partial charge in [0.1, 0.15) is 11.8 Å². The summed E-state index contributed by atoms with van der Waals surface area (Å²) in [4.78, 5) is 25.6. The molecule has 0 aromatic heterocycles. The van der Waals surface area contributed by atoms with Crippen LogP contribution in [0.2, 0.25) is 0 Å². The largest absolute Gasteiger partial charge is 0.494 e. The van der Waals surface area contributed by atoms with Crippen LogP contribution in [0.5, 0.6) is 5.75 Å². The fourth-order valence-corrected chi connectivity index (χ4v) is 4.96. The highest BCUT2D eigenvalue weighted by Gasteiger charge is 2.42. The minimum absolute atomic E-state index is 0.0128. The number of hydrogen-bond acceptors (Lipinski definition) is 3. The first kappa shape index (κ1) is 20.7. The van der Waals surface area contributed by atoms with E-state index in [0.29, 0.717) is 18.1 Å². The maximum atomic E-state index is 12.9. The van der Waals surface area contributed by atoms with Crippen LogP contribution in [-0.2, 0) is 4.79 Å². The normalized spacial score (nSPS) is 25.4. The van der Waals surface area contributed by atoms with Gasteiger partial charge in [0.15, 0.2) is 0 Å². The van der Waals surface area contributed by atoms with E-state index in [9.17, 15) is 9.59 Å². The molecule has 5 heteroatoms. The molecule has 2 aliphatic carbocycles. The van der Waals surface area contributed by atoms with Crippen LogP contribution in [0.1, 0.15) is 63.7 Å². The Kier molecular flexibility index (Phi) is 6.63. The Hall–Kier alpha value is -2.04. The van der Waals surface area contributed by atoms with Crippen molar-refractivity contribution < 1.29 is 14.3 Å². The van der Waals surface area contributed by atoms with Crippen LogP contribution in [0, 0.1) is 23.7 Å². The van der Waals surface area contributed by atoms with Crippen LogP contribution >= 0.6 is 0 Å². The van der Waals surface area contributed by atoms with Crippen molar-refractivity contribution in [2.24, 2.45) is 23.7 Å². The number of fused-ring (bicyclic) bond motifs is 2. The zero-order valence-corrected chi connectivity index (χ0v) is 17.5. The number of benzene rings is 1. The summed E-state index contributed by atoms with van der Waals surface area (Å²) < 4.78 is 5.42. The van der Waals surface area contributed by atoms with Gasteiger partial charge in [0, 0.05) is 11.6 Å². The first-order valence-electron chi connectivity index (χ1n) is 10.7. The van der Waals surface area contributed by atoms with Gasteiger partial charge in [-0.15, -0.1) is 0 Å². The van der Waals surface area contributed by atoms with E-state index in [0.717, 1.165) is 17.6 Å². The van der Waals surface area contributed by atoms with Gasteiger partial charge in [0.05, 0.1) is 6.61 Å². The van der Waals surface area contributed by atoms with Crippen LogP contribution in [0.4, 0.5) is 0 Å². The molecule has 3 rings (SSSR count). The Morgan fingerprint density at radius 1 is 1.07 bits per heavy atom. The molecule has 2 saturated carbocycles. The molecule has 0 radical (unpaired) electrons. The summed E-state index contributed by atoms with van der Waals surface area (Å²) >= 11 is 0. The van der Waals surface area contributed by atoms with E-state index in [1.807, 2.05) is 20.8 Å². The topological polar surface area (TPSA) is 67.4 Å². The lowest BCUT2D eigenvalue weighted by Gasteiger charge is -2.31. The number of carbonyl (C=O) groups is 2. The van der Waals surface area contributed by atoms with Gasteiger partial charge < -0.3 is 15.4 Å². The number of amides is 2. The van der Waals surface area contributed by atoms with Crippen LogP contribution < -0.4 is 15.4 Å². The van der Waals surface area contributed by atoms with Crippen molar-refractivity contribution in [3.8, 4) is 5.75 Å². The van der Waals surface area contributed by atoms with Crippen molar-refractivity contribution in [2.45, 2.75) is 65.5 Å². The molecular formula is C23H34N2O3. The van der Waals surface area contributed by atoms with Crippen molar-refractivity contribution in [3.05, 3.63) is 29.8 Å². The molecule has 154 valence electrons. The molecule has 2 bridgehead atoms. The van der Waals surface area contributed by atoms with Crippen molar-refractivity contribution in [2.75, 3.05) is 6.61 Å². The summed E-state index contributed by atoms with van der Waals surface area (Å²) in [6, 6.07) is 6.63. The van der Waals surface area contributed by atoms with Gasteiger partial charge in [-0.3, -0.25) is 9.59 Å². The van der Waals surface area contributed by atoms with Gasteiger partial charge in [-0.25, -0.2) is 0 Å². The molecule has 2 aliphatic rings. The number of ether oxygens (including phenoxy) is 1. The molecule has 2 amide bonds. The molecule has 5 nitrogen and oxygen atoms in total. The Balaban J connectivity index is 1.59. The van der Waals surface area contributed by atoms with Crippen molar-refractivity contribution in [3.63, 3.8) is 0 Å². The summed E-state index contributed by atoms with van der Waals surface area (Å²) in [6.45, 7) is 8.55. The summed E-state index contributed by atoms with van der Waals surface area (Å²) in [5.74, 6) is 2.63. The van der Waals surface area contributed by atoms with Crippen molar-refractivity contribution >= 4 is 11.8 Å². The second-order valence-corrected chi connectivity index (χ2v) is 8.79. The van der Waals surface area contributed by atoms with Gasteiger partial charge in [-0.1, -0.05) is 20.3 Å². The second kappa shape index (κ2) is 8.97. The maximum Gasteiger partial charge on any atom is 0.251 e. The summed E-state index contributed by atoms with van der Waals surface area (Å²) in [5, 5.41) is 6.12. The SMILES string of the molecule is CCOc1ccc(C(=O)NC(C(=O)NC(C)C2CC3CCC2C3)C(C)C)cc1. The lowest BCUT2D eigenvalue weighted by Crippen LogP contribution is -2.53. The fraction of sp³-hybridized carbons (Fsp3) is 0.652. The third-order valence-electron chi connectivity index (χ3n) is 6.47. The Morgan fingerprint density at radius 3 is 2.32 bits per heavy atom. The van der Waals surface area contributed by atoms with Gasteiger partial charge in [-0.2, -0.15) is 0 Å². The molecular weight excluding hydrogens is 352 g/mol. The minimum atomic E-state index is -0.542. The predicted molar refractivity (Wildman–Crippen MR) is 110 cm³/mol. The zero-order valence-electron chi connectivity index (χ0n) is 17.5. The highest BCUT2D eigenvalue weighted by molar-refractivity contribution is 5.97. The van der Waals surface area contributed by atoms with Crippen LogP contribution in [0.3, 0.4) is 0 Å². The molecule has 0 aliphatic heterocycles. The van der Waals surface area contributed by atoms with E-state index < -0.39 is 6.04 Å². The molecule has 5 unspecified atom stereocenters. The first-order chi connectivity index (χ1) is 13.4. The van der Waals surface area contributed by atoms with E-state index in [1.165, 1.54) is 25.7 Å². The average molecular weight is 387 g/mol. The molecule has 0 saturated heterocycles.